The number of aromatic nitrogens is 2. The van der Waals surface area contributed by atoms with Gasteiger partial charge in [0.15, 0.2) is 0 Å². The minimum absolute atomic E-state index is 0.220. The summed E-state index contributed by atoms with van der Waals surface area (Å²) in [5, 5.41) is 8.73. The van der Waals surface area contributed by atoms with Gasteiger partial charge in [-0.2, -0.15) is 0 Å². The second kappa shape index (κ2) is 4.70. The molecule has 0 saturated carbocycles. The molecular formula is C9H12N2O4. The molecule has 0 saturated heterocycles. The van der Waals surface area contributed by atoms with Crippen molar-refractivity contribution in [3.05, 3.63) is 27.4 Å². The number of hydrogen-bond donors (Lipinski definition) is 2. The summed E-state index contributed by atoms with van der Waals surface area (Å²) in [7, 11) is 1.54. The van der Waals surface area contributed by atoms with Crippen LogP contribution in [0.4, 0.5) is 0 Å². The third-order valence-corrected chi connectivity index (χ3v) is 1.91. The van der Waals surface area contributed by atoms with Gasteiger partial charge in [0, 0.05) is 13.5 Å². The minimum atomic E-state index is -1.26. The SMILES string of the molecule is COCCc1nc(C)c(C(=O)O)c(=O)[nH]1. The van der Waals surface area contributed by atoms with Gasteiger partial charge in [-0.3, -0.25) is 4.79 Å². The van der Waals surface area contributed by atoms with Crippen molar-refractivity contribution in [1.29, 1.82) is 0 Å². The Kier molecular flexibility index (Phi) is 3.56. The quantitative estimate of drug-likeness (QED) is 0.730. The molecule has 82 valence electrons. The molecule has 1 rings (SSSR count). The number of ether oxygens (including phenoxy) is 1. The molecule has 0 bridgehead atoms. The summed E-state index contributed by atoms with van der Waals surface area (Å²) in [6.45, 7) is 1.92. The van der Waals surface area contributed by atoms with Crippen LogP contribution in [-0.4, -0.2) is 34.8 Å². The molecule has 0 radical (unpaired) electrons. The molecule has 0 spiro atoms. The van der Waals surface area contributed by atoms with E-state index in [0.717, 1.165) is 0 Å². The van der Waals surface area contributed by atoms with Crippen molar-refractivity contribution in [2.24, 2.45) is 0 Å². The van der Waals surface area contributed by atoms with E-state index >= 15 is 0 Å². The topological polar surface area (TPSA) is 92.3 Å². The van der Waals surface area contributed by atoms with Crippen LogP contribution in [-0.2, 0) is 11.2 Å². The van der Waals surface area contributed by atoms with Crippen LogP contribution in [0, 0.1) is 6.92 Å². The maximum atomic E-state index is 11.3. The Bertz CT molecular complexity index is 425. The molecule has 0 aliphatic rings. The number of aromatic amines is 1. The largest absolute Gasteiger partial charge is 0.477 e. The van der Waals surface area contributed by atoms with E-state index in [9.17, 15) is 9.59 Å². The first-order valence-electron chi connectivity index (χ1n) is 4.38. The lowest BCUT2D eigenvalue weighted by Crippen LogP contribution is -2.23. The first-order valence-corrected chi connectivity index (χ1v) is 4.38. The van der Waals surface area contributed by atoms with Crippen LogP contribution >= 0.6 is 0 Å². The number of carboxylic acids is 1. The maximum Gasteiger partial charge on any atom is 0.343 e. The van der Waals surface area contributed by atoms with Crippen LogP contribution in [0.1, 0.15) is 21.9 Å². The Morgan fingerprint density at radius 3 is 2.73 bits per heavy atom. The molecule has 1 aromatic rings. The number of nitrogens with zero attached hydrogens (tertiary/aromatic N) is 1. The van der Waals surface area contributed by atoms with Crippen molar-refractivity contribution >= 4 is 5.97 Å². The highest BCUT2D eigenvalue weighted by atomic mass is 16.5. The van der Waals surface area contributed by atoms with Crippen LogP contribution in [0.2, 0.25) is 0 Å². The molecule has 0 aromatic carbocycles. The van der Waals surface area contributed by atoms with Crippen LogP contribution in [0.3, 0.4) is 0 Å². The van der Waals surface area contributed by atoms with Gasteiger partial charge in [-0.1, -0.05) is 0 Å². The zero-order chi connectivity index (χ0) is 11.4. The summed E-state index contributed by atoms with van der Waals surface area (Å²) in [5.41, 5.74) is -0.713. The summed E-state index contributed by atoms with van der Waals surface area (Å²) >= 11 is 0. The summed E-state index contributed by atoms with van der Waals surface area (Å²) < 4.78 is 4.82. The van der Waals surface area contributed by atoms with Gasteiger partial charge in [-0.15, -0.1) is 0 Å². The van der Waals surface area contributed by atoms with Gasteiger partial charge in [0.1, 0.15) is 11.4 Å². The normalized spacial score (nSPS) is 10.3. The number of rotatable bonds is 4. The first-order chi connectivity index (χ1) is 7.06. The fourth-order valence-electron chi connectivity index (χ4n) is 1.21. The summed E-state index contributed by atoms with van der Waals surface area (Å²) in [4.78, 5) is 28.4. The van der Waals surface area contributed by atoms with Gasteiger partial charge in [-0.25, -0.2) is 9.78 Å². The zero-order valence-electron chi connectivity index (χ0n) is 8.53. The van der Waals surface area contributed by atoms with E-state index in [1.165, 1.54) is 14.0 Å². The van der Waals surface area contributed by atoms with E-state index in [0.29, 0.717) is 18.9 Å². The second-order valence-corrected chi connectivity index (χ2v) is 3.02. The van der Waals surface area contributed by atoms with Crippen molar-refractivity contribution < 1.29 is 14.6 Å². The summed E-state index contributed by atoms with van der Waals surface area (Å²) in [5.74, 6) is -0.830. The van der Waals surface area contributed by atoms with Gasteiger partial charge < -0.3 is 14.8 Å². The number of nitrogens with one attached hydrogen (secondary N) is 1. The molecule has 6 heteroatoms. The number of aryl methyl sites for hydroxylation is 1. The average Bonchev–Trinajstić information content (AvgIpc) is 2.12. The predicted octanol–water partition coefficient (Wildman–Crippen LogP) is -0.0346. The number of methoxy groups -OCH3 is 1. The molecule has 1 aromatic heterocycles. The van der Waals surface area contributed by atoms with Crippen molar-refractivity contribution in [3.8, 4) is 0 Å². The molecule has 0 aliphatic carbocycles. The lowest BCUT2D eigenvalue weighted by atomic mass is 10.2. The number of H-pyrrole nitrogens is 1. The van der Waals surface area contributed by atoms with Gasteiger partial charge in [0.05, 0.1) is 12.3 Å². The highest BCUT2D eigenvalue weighted by molar-refractivity contribution is 5.88. The molecule has 0 atom stereocenters. The van der Waals surface area contributed by atoms with Gasteiger partial charge in [0.2, 0.25) is 0 Å². The molecule has 15 heavy (non-hydrogen) atoms. The predicted molar refractivity (Wildman–Crippen MR) is 52.1 cm³/mol. The number of aromatic carboxylic acids is 1. The third-order valence-electron chi connectivity index (χ3n) is 1.91. The molecule has 0 fully saturated rings. The lowest BCUT2D eigenvalue weighted by Gasteiger charge is -2.03. The fraction of sp³-hybridized carbons (Fsp3) is 0.444. The highest BCUT2D eigenvalue weighted by Crippen LogP contribution is 1.99. The third kappa shape index (κ3) is 2.63. The van der Waals surface area contributed by atoms with Crippen molar-refractivity contribution in [1.82, 2.24) is 9.97 Å². The lowest BCUT2D eigenvalue weighted by molar-refractivity contribution is 0.0693. The van der Waals surface area contributed by atoms with E-state index in [2.05, 4.69) is 9.97 Å². The van der Waals surface area contributed by atoms with E-state index in [-0.39, 0.29) is 11.3 Å². The molecule has 0 amide bonds. The molecule has 0 unspecified atom stereocenters. The molecule has 1 heterocycles. The van der Waals surface area contributed by atoms with E-state index in [4.69, 9.17) is 9.84 Å². The van der Waals surface area contributed by atoms with Crippen molar-refractivity contribution in [2.75, 3.05) is 13.7 Å². The maximum absolute atomic E-state index is 11.3. The first kappa shape index (κ1) is 11.4. The van der Waals surface area contributed by atoms with Crippen LogP contribution in [0.5, 0.6) is 0 Å². The van der Waals surface area contributed by atoms with Crippen LogP contribution in [0.25, 0.3) is 0 Å². The van der Waals surface area contributed by atoms with Crippen molar-refractivity contribution in [2.45, 2.75) is 13.3 Å². The Morgan fingerprint density at radius 1 is 1.60 bits per heavy atom. The molecule has 2 N–H and O–H groups in total. The van der Waals surface area contributed by atoms with E-state index in [1.807, 2.05) is 0 Å². The van der Waals surface area contributed by atoms with Gasteiger partial charge in [-0.05, 0) is 6.92 Å². The molecule has 6 nitrogen and oxygen atoms in total. The molecule has 0 aliphatic heterocycles. The second-order valence-electron chi connectivity index (χ2n) is 3.02. The molecular weight excluding hydrogens is 200 g/mol. The zero-order valence-corrected chi connectivity index (χ0v) is 8.53. The Hall–Kier alpha value is -1.69. The number of carbonyl (C=O) groups is 1. The Labute approximate surface area is 85.9 Å². The van der Waals surface area contributed by atoms with E-state index < -0.39 is 11.5 Å². The van der Waals surface area contributed by atoms with Crippen LogP contribution in [0.15, 0.2) is 4.79 Å². The monoisotopic (exact) mass is 212 g/mol. The standard InChI is InChI=1S/C9H12N2O4/c1-5-7(9(13)14)8(12)11-6(10-5)3-4-15-2/h3-4H2,1-2H3,(H,13,14)(H,10,11,12). The van der Waals surface area contributed by atoms with Gasteiger partial charge in [0.25, 0.3) is 5.56 Å². The highest BCUT2D eigenvalue weighted by Gasteiger charge is 2.14. The Morgan fingerprint density at radius 2 is 2.27 bits per heavy atom. The van der Waals surface area contributed by atoms with E-state index in [1.54, 1.807) is 0 Å². The number of carboxylic acid groups (broad SMARTS) is 1. The minimum Gasteiger partial charge on any atom is -0.477 e. The fourth-order valence-corrected chi connectivity index (χ4v) is 1.21. The summed E-state index contributed by atoms with van der Waals surface area (Å²) in [6, 6.07) is 0. The van der Waals surface area contributed by atoms with Gasteiger partial charge >= 0.3 is 5.97 Å². The number of hydrogen-bond acceptors (Lipinski definition) is 4. The summed E-state index contributed by atoms with van der Waals surface area (Å²) in [6.07, 6.45) is 0.451. The van der Waals surface area contributed by atoms with Crippen LogP contribution < -0.4 is 5.56 Å². The average molecular weight is 212 g/mol. The Balaban J connectivity index is 3.09. The smallest absolute Gasteiger partial charge is 0.343 e. The van der Waals surface area contributed by atoms with Crippen molar-refractivity contribution in [3.63, 3.8) is 0 Å².